The molecule has 0 atom stereocenters. The summed E-state index contributed by atoms with van der Waals surface area (Å²) >= 11 is 0. The molecule has 3 heterocycles. The molecule has 0 saturated carbocycles. The maximum atomic E-state index is 2.48. The van der Waals surface area contributed by atoms with Crippen LogP contribution < -0.4 is 0 Å². The summed E-state index contributed by atoms with van der Waals surface area (Å²) in [7, 11) is -0.933. The van der Waals surface area contributed by atoms with Crippen molar-refractivity contribution in [1.29, 1.82) is 0 Å². The summed E-state index contributed by atoms with van der Waals surface area (Å²) in [5.74, 6) is 0. The largest absolute Gasteiger partial charge is 0.291 e. The molecular weight excluding hydrogens is 397 g/mol. The number of aromatic nitrogens is 3. The normalized spacial score (nSPS) is 12.0. The van der Waals surface area contributed by atoms with E-state index >= 15 is 0 Å². The van der Waals surface area contributed by atoms with E-state index in [2.05, 4.69) is 125 Å². The SMILES string of the molecule is Cc1cn(P(n2cc(C)c3ccccc32)n2cc(C)c3ccccc32)c2ccccc12. The van der Waals surface area contributed by atoms with Crippen LogP contribution in [0.2, 0.25) is 0 Å². The number of para-hydroxylation sites is 3. The van der Waals surface area contributed by atoms with Crippen LogP contribution in [0.3, 0.4) is 0 Å². The van der Waals surface area contributed by atoms with Gasteiger partial charge in [0.25, 0.3) is 0 Å². The zero-order valence-corrected chi connectivity index (χ0v) is 18.8. The highest BCUT2D eigenvalue weighted by Crippen LogP contribution is 2.49. The lowest BCUT2D eigenvalue weighted by Gasteiger charge is -2.24. The van der Waals surface area contributed by atoms with Gasteiger partial charge in [0, 0.05) is 34.7 Å². The van der Waals surface area contributed by atoms with Crippen LogP contribution in [0.4, 0.5) is 0 Å². The van der Waals surface area contributed by atoms with E-state index in [1.54, 1.807) is 0 Å². The minimum Gasteiger partial charge on any atom is -0.291 e. The van der Waals surface area contributed by atoms with E-state index in [9.17, 15) is 0 Å². The Balaban J connectivity index is 1.74. The Labute approximate surface area is 183 Å². The van der Waals surface area contributed by atoms with Crippen LogP contribution in [0, 0.1) is 20.8 Å². The number of hydrogen-bond donors (Lipinski definition) is 0. The Kier molecular flexibility index (Phi) is 4.09. The highest BCUT2D eigenvalue weighted by atomic mass is 31.1. The van der Waals surface area contributed by atoms with Crippen LogP contribution in [0.1, 0.15) is 16.7 Å². The second-order valence-corrected chi connectivity index (χ2v) is 10.1. The summed E-state index contributed by atoms with van der Waals surface area (Å²) in [6.07, 6.45) is 6.97. The first-order chi connectivity index (χ1) is 15.1. The smallest absolute Gasteiger partial charge is 0.221 e. The lowest BCUT2D eigenvalue weighted by Crippen LogP contribution is -2.07. The molecule has 3 nitrogen and oxygen atoms in total. The number of fused-ring (bicyclic) bond motifs is 3. The van der Waals surface area contributed by atoms with Gasteiger partial charge in [0.05, 0.1) is 16.6 Å². The zero-order chi connectivity index (χ0) is 21.1. The van der Waals surface area contributed by atoms with Crippen LogP contribution in [0.25, 0.3) is 32.7 Å². The Morgan fingerprint density at radius 2 is 0.742 bits per heavy atom. The molecule has 0 aliphatic heterocycles. The van der Waals surface area contributed by atoms with E-state index in [1.807, 2.05) is 0 Å². The molecule has 0 saturated heterocycles. The number of nitrogens with zero attached hydrogens (tertiary/aromatic N) is 3. The molecule has 0 radical (unpaired) electrons. The third-order valence-electron chi connectivity index (χ3n) is 6.25. The van der Waals surface area contributed by atoms with E-state index in [1.165, 1.54) is 49.4 Å². The topological polar surface area (TPSA) is 14.8 Å². The van der Waals surface area contributed by atoms with Crippen molar-refractivity contribution in [3.05, 3.63) is 108 Å². The van der Waals surface area contributed by atoms with Crippen LogP contribution in [-0.4, -0.2) is 13.0 Å². The van der Waals surface area contributed by atoms with Gasteiger partial charge in [0.15, 0.2) is 0 Å². The standard InChI is InChI=1S/C27H24N3P/c1-19-16-28(25-13-7-4-10-22(19)25)31(29-17-20(2)23-11-5-8-14-26(23)29)30-18-21(3)24-12-6-9-15-27(24)30/h4-18H,1-3H3. The zero-order valence-electron chi connectivity index (χ0n) is 17.9. The molecule has 31 heavy (non-hydrogen) atoms. The van der Waals surface area contributed by atoms with Crippen molar-refractivity contribution < 1.29 is 0 Å². The monoisotopic (exact) mass is 421 g/mol. The van der Waals surface area contributed by atoms with Crippen molar-refractivity contribution in [2.24, 2.45) is 0 Å². The maximum Gasteiger partial charge on any atom is 0.221 e. The first-order valence-electron chi connectivity index (χ1n) is 10.6. The Morgan fingerprint density at radius 1 is 0.452 bits per heavy atom. The fourth-order valence-electron chi connectivity index (χ4n) is 4.74. The van der Waals surface area contributed by atoms with Gasteiger partial charge in [-0.25, -0.2) is 0 Å². The summed E-state index contributed by atoms with van der Waals surface area (Å²) in [5, 5.41) is 3.95. The molecule has 3 aromatic carbocycles. The van der Waals surface area contributed by atoms with Gasteiger partial charge in [0.2, 0.25) is 8.37 Å². The second-order valence-electron chi connectivity index (χ2n) is 8.29. The van der Waals surface area contributed by atoms with Gasteiger partial charge < -0.3 is 0 Å². The molecular formula is C27H24N3P. The van der Waals surface area contributed by atoms with Gasteiger partial charge in [-0.2, -0.15) is 0 Å². The van der Waals surface area contributed by atoms with E-state index in [0.717, 1.165) is 0 Å². The molecule has 6 rings (SSSR count). The van der Waals surface area contributed by atoms with Crippen molar-refractivity contribution in [3.63, 3.8) is 0 Å². The molecule has 0 bridgehead atoms. The lowest BCUT2D eigenvalue weighted by molar-refractivity contribution is 1.10. The number of rotatable bonds is 3. The highest BCUT2D eigenvalue weighted by Gasteiger charge is 2.24. The molecule has 0 amide bonds. The maximum absolute atomic E-state index is 2.48. The number of aryl methyl sites for hydroxylation is 3. The van der Waals surface area contributed by atoms with Crippen molar-refractivity contribution >= 4 is 41.1 Å². The third kappa shape index (κ3) is 2.70. The minimum absolute atomic E-state index is 0.933. The minimum atomic E-state index is -0.933. The summed E-state index contributed by atoms with van der Waals surface area (Å²) in [6, 6.07) is 26.2. The molecule has 152 valence electrons. The molecule has 0 aliphatic carbocycles. The number of benzene rings is 3. The van der Waals surface area contributed by atoms with Gasteiger partial charge in [-0.15, -0.1) is 0 Å². The quantitative estimate of drug-likeness (QED) is 0.261. The predicted octanol–water partition coefficient (Wildman–Crippen LogP) is 7.65. The van der Waals surface area contributed by atoms with Crippen LogP contribution in [0.5, 0.6) is 0 Å². The Morgan fingerprint density at radius 3 is 1.06 bits per heavy atom. The first kappa shape index (κ1) is 18.5. The average molecular weight is 421 g/mol. The van der Waals surface area contributed by atoms with Crippen molar-refractivity contribution in [3.8, 4) is 0 Å². The average Bonchev–Trinajstić information content (AvgIpc) is 3.43. The molecule has 0 aliphatic rings. The summed E-state index contributed by atoms with van der Waals surface area (Å²) in [4.78, 5) is 0. The van der Waals surface area contributed by atoms with Crippen molar-refractivity contribution in [1.82, 2.24) is 13.0 Å². The Hall–Kier alpha value is -3.29. The van der Waals surface area contributed by atoms with Crippen LogP contribution in [0.15, 0.2) is 91.4 Å². The fourth-order valence-corrected chi connectivity index (χ4v) is 7.30. The van der Waals surface area contributed by atoms with Gasteiger partial charge in [0.1, 0.15) is 0 Å². The molecule has 6 aromatic rings. The van der Waals surface area contributed by atoms with Gasteiger partial charge in [-0.1, -0.05) is 54.6 Å². The van der Waals surface area contributed by atoms with Crippen molar-refractivity contribution in [2.75, 3.05) is 0 Å². The van der Waals surface area contributed by atoms with Crippen LogP contribution in [-0.2, 0) is 0 Å². The first-order valence-corrected chi connectivity index (χ1v) is 11.8. The molecule has 0 N–H and O–H groups in total. The second kappa shape index (κ2) is 6.87. The van der Waals surface area contributed by atoms with Crippen LogP contribution >= 0.6 is 8.37 Å². The fraction of sp³-hybridized carbons (Fsp3) is 0.111. The van der Waals surface area contributed by atoms with Gasteiger partial charge in [-0.05, 0) is 55.7 Å². The molecule has 4 heteroatoms. The Bertz CT molecular complexity index is 1390. The van der Waals surface area contributed by atoms with E-state index < -0.39 is 8.37 Å². The molecule has 0 fully saturated rings. The summed E-state index contributed by atoms with van der Waals surface area (Å²) in [6.45, 7) is 6.64. The van der Waals surface area contributed by atoms with Gasteiger partial charge in [-0.3, -0.25) is 13.0 Å². The van der Waals surface area contributed by atoms with E-state index in [-0.39, 0.29) is 0 Å². The molecule has 0 unspecified atom stereocenters. The molecule has 0 spiro atoms. The van der Waals surface area contributed by atoms with E-state index in [4.69, 9.17) is 0 Å². The lowest BCUT2D eigenvalue weighted by atomic mass is 10.2. The highest BCUT2D eigenvalue weighted by molar-refractivity contribution is 7.53. The number of hydrogen-bond acceptors (Lipinski definition) is 0. The summed E-state index contributed by atoms with van der Waals surface area (Å²) in [5.41, 5.74) is 7.75. The summed E-state index contributed by atoms with van der Waals surface area (Å²) < 4.78 is 7.45. The molecule has 3 aromatic heterocycles. The van der Waals surface area contributed by atoms with Crippen molar-refractivity contribution in [2.45, 2.75) is 20.8 Å². The third-order valence-corrected chi connectivity index (χ3v) is 8.40. The van der Waals surface area contributed by atoms with Gasteiger partial charge >= 0.3 is 0 Å². The van der Waals surface area contributed by atoms with E-state index in [0.29, 0.717) is 0 Å². The predicted molar refractivity (Wildman–Crippen MR) is 133 cm³/mol.